The van der Waals surface area contributed by atoms with Crippen molar-refractivity contribution in [1.29, 1.82) is 0 Å². The summed E-state index contributed by atoms with van der Waals surface area (Å²) >= 11 is 5.05. The molecular formula is C19H13BrFN3S. The third-order valence-electron chi connectivity index (χ3n) is 3.90. The van der Waals surface area contributed by atoms with Gasteiger partial charge in [-0.1, -0.05) is 28.1 Å². The van der Waals surface area contributed by atoms with E-state index in [1.807, 2.05) is 24.3 Å². The van der Waals surface area contributed by atoms with Gasteiger partial charge in [-0.15, -0.1) is 11.3 Å². The standard InChI is InChI=1S/C19H13BrFN3S/c1-11-16(12-2-6-14(21)7-3-12)17-18(22-10-23-19(17)25-11)24-15-8-4-13(20)5-9-15/h2-10H,1H3,(H,22,23,24). The first-order valence-electron chi connectivity index (χ1n) is 7.64. The van der Waals surface area contributed by atoms with Crippen molar-refractivity contribution in [3.05, 3.63) is 70.0 Å². The number of aromatic nitrogens is 2. The fourth-order valence-electron chi connectivity index (χ4n) is 2.77. The summed E-state index contributed by atoms with van der Waals surface area (Å²) in [5, 5.41) is 4.33. The van der Waals surface area contributed by atoms with Crippen molar-refractivity contribution in [3.8, 4) is 11.1 Å². The molecule has 2 aromatic heterocycles. The van der Waals surface area contributed by atoms with Crippen LogP contribution < -0.4 is 5.32 Å². The zero-order chi connectivity index (χ0) is 17.4. The molecule has 1 N–H and O–H groups in total. The van der Waals surface area contributed by atoms with Gasteiger partial charge in [0.05, 0.1) is 5.39 Å². The van der Waals surface area contributed by atoms with Crippen LogP contribution in [-0.4, -0.2) is 9.97 Å². The Kier molecular flexibility index (Phi) is 4.23. The molecule has 2 heterocycles. The van der Waals surface area contributed by atoms with Crippen LogP contribution in [0.4, 0.5) is 15.9 Å². The summed E-state index contributed by atoms with van der Waals surface area (Å²) < 4.78 is 14.3. The summed E-state index contributed by atoms with van der Waals surface area (Å²) in [5.74, 6) is 0.501. The average Bonchev–Trinajstić information content (AvgIpc) is 2.95. The molecule has 25 heavy (non-hydrogen) atoms. The Morgan fingerprint density at radius 2 is 1.72 bits per heavy atom. The quantitative estimate of drug-likeness (QED) is 0.427. The molecule has 0 aliphatic carbocycles. The Morgan fingerprint density at radius 1 is 1.00 bits per heavy atom. The molecule has 0 atom stereocenters. The van der Waals surface area contributed by atoms with Gasteiger partial charge >= 0.3 is 0 Å². The summed E-state index contributed by atoms with van der Waals surface area (Å²) in [6, 6.07) is 14.4. The minimum absolute atomic E-state index is 0.245. The highest BCUT2D eigenvalue weighted by Crippen LogP contribution is 2.41. The summed E-state index contributed by atoms with van der Waals surface area (Å²) in [6.45, 7) is 2.05. The van der Waals surface area contributed by atoms with E-state index in [9.17, 15) is 4.39 Å². The van der Waals surface area contributed by atoms with Crippen LogP contribution in [0.3, 0.4) is 0 Å². The minimum atomic E-state index is -0.245. The lowest BCUT2D eigenvalue weighted by Crippen LogP contribution is -1.95. The summed E-state index contributed by atoms with van der Waals surface area (Å²) in [4.78, 5) is 10.9. The molecule has 2 aromatic carbocycles. The summed E-state index contributed by atoms with van der Waals surface area (Å²) in [6.07, 6.45) is 1.56. The van der Waals surface area contributed by atoms with Crippen molar-refractivity contribution in [3.63, 3.8) is 0 Å². The third kappa shape index (κ3) is 3.15. The molecule has 0 aliphatic rings. The van der Waals surface area contributed by atoms with E-state index in [0.29, 0.717) is 0 Å². The van der Waals surface area contributed by atoms with Crippen LogP contribution >= 0.6 is 27.3 Å². The van der Waals surface area contributed by atoms with Gasteiger partial charge in [0, 0.05) is 20.6 Å². The highest BCUT2D eigenvalue weighted by atomic mass is 79.9. The van der Waals surface area contributed by atoms with E-state index in [0.717, 1.165) is 42.2 Å². The number of benzene rings is 2. The molecule has 6 heteroatoms. The van der Waals surface area contributed by atoms with Crippen molar-refractivity contribution >= 4 is 49.0 Å². The van der Waals surface area contributed by atoms with Crippen molar-refractivity contribution in [2.45, 2.75) is 6.92 Å². The van der Waals surface area contributed by atoms with Gasteiger partial charge in [-0.05, 0) is 48.9 Å². The van der Waals surface area contributed by atoms with E-state index >= 15 is 0 Å². The maximum Gasteiger partial charge on any atom is 0.143 e. The lowest BCUT2D eigenvalue weighted by atomic mass is 10.0. The Balaban J connectivity index is 1.87. The van der Waals surface area contributed by atoms with E-state index in [1.165, 1.54) is 12.1 Å². The van der Waals surface area contributed by atoms with Crippen molar-refractivity contribution in [2.24, 2.45) is 0 Å². The molecule has 124 valence electrons. The van der Waals surface area contributed by atoms with Gasteiger partial charge in [0.2, 0.25) is 0 Å². The van der Waals surface area contributed by atoms with Crippen LogP contribution in [0, 0.1) is 12.7 Å². The maximum atomic E-state index is 13.3. The molecule has 3 nitrogen and oxygen atoms in total. The van der Waals surface area contributed by atoms with Gasteiger partial charge in [-0.3, -0.25) is 0 Å². The number of hydrogen-bond acceptors (Lipinski definition) is 4. The smallest absolute Gasteiger partial charge is 0.143 e. The molecular weight excluding hydrogens is 401 g/mol. The molecule has 0 radical (unpaired) electrons. The minimum Gasteiger partial charge on any atom is -0.340 e. The Labute approximate surface area is 156 Å². The third-order valence-corrected chi connectivity index (χ3v) is 5.45. The van der Waals surface area contributed by atoms with Gasteiger partial charge < -0.3 is 5.32 Å². The predicted octanol–water partition coefficient (Wildman–Crippen LogP) is 6.31. The van der Waals surface area contributed by atoms with Gasteiger partial charge in [0.25, 0.3) is 0 Å². The average molecular weight is 414 g/mol. The number of nitrogens with one attached hydrogen (secondary N) is 1. The van der Waals surface area contributed by atoms with Crippen LogP contribution in [0.2, 0.25) is 0 Å². The number of thiophene rings is 1. The zero-order valence-electron chi connectivity index (χ0n) is 13.3. The normalized spacial score (nSPS) is 11.0. The zero-order valence-corrected chi connectivity index (χ0v) is 15.7. The SMILES string of the molecule is Cc1sc2ncnc(Nc3ccc(Br)cc3)c2c1-c1ccc(F)cc1. The molecule has 4 aromatic rings. The monoisotopic (exact) mass is 413 g/mol. The van der Waals surface area contributed by atoms with Gasteiger partial charge in [0.15, 0.2) is 0 Å². The molecule has 0 unspecified atom stereocenters. The summed E-state index contributed by atoms with van der Waals surface area (Å²) in [7, 11) is 0. The van der Waals surface area contributed by atoms with Crippen LogP contribution in [0.15, 0.2) is 59.3 Å². The van der Waals surface area contributed by atoms with E-state index in [4.69, 9.17) is 0 Å². The highest BCUT2D eigenvalue weighted by Gasteiger charge is 2.17. The van der Waals surface area contributed by atoms with E-state index in [2.05, 4.69) is 38.1 Å². The van der Waals surface area contributed by atoms with Crippen LogP contribution in [-0.2, 0) is 0 Å². The number of aryl methyl sites for hydroxylation is 1. The second-order valence-corrected chi connectivity index (χ2v) is 7.69. The van der Waals surface area contributed by atoms with Crippen molar-refractivity contribution < 1.29 is 4.39 Å². The van der Waals surface area contributed by atoms with E-state index in [-0.39, 0.29) is 5.82 Å². The van der Waals surface area contributed by atoms with Crippen LogP contribution in [0.1, 0.15) is 4.88 Å². The van der Waals surface area contributed by atoms with Crippen molar-refractivity contribution in [1.82, 2.24) is 9.97 Å². The molecule has 0 saturated heterocycles. The lowest BCUT2D eigenvalue weighted by Gasteiger charge is -2.09. The Morgan fingerprint density at radius 3 is 2.44 bits per heavy atom. The lowest BCUT2D eigenvalue weighted by molar-refractivity contribution is 0.628. The highest BCUT2D eigenvalue weighted by molar-refractivity contribution is 9.10. The fraction of sp³-hybridized carbons (Fsp3) is 0.0526. The molecule has 0 saturated carbocycles. The maximum absolute atomic E-state index is 13.3. The topological polar surface area (TPSA) is 37.8 Å². The number of fused-ring (bicyclic) bond motifs is 1. The van der Waals surface area contributed by atoms with Gasteiger partial charge in [0.1, 0.15) is 22.8 Å². The van der Waals surface area contributed by atoms with E-state index < -0.39 is 0 Å². The van der Waals surface area contributed by atoms with E-state index in [1.54, 1.807) is 29.8 Å². The first kappa shape index (κ1) is 16.2. The number of anilines is 2. The van der Waals surface area contributed by atoms with Crippen LogP contribution in [0.25, 0.3) is 21.3 Å². The molecule has 0 amide bonds. The molecule has 0 aliphatic heterocycles. The first-order chi connectivity index (χ1) is 12.1. The molecule has 0 fully saturated rings. The van der Waals surface area contributed by atoms with Gasteiger partial charge in [-0.2, -0.15) is 0 Å². The predicted molar refractivity (Wildman–Crippen MR) is 105 cm³/mol. The Bertz CT molecular complexity index is 1040. The molecule has 0 spiro atoms. The largest absolute Gasteiger partial charge is 0.340 e. The molecule has 0 bridgehead atoms. The second kappa shape index (κ2) is 6.54. The fourth-order valence-corrected chi connectivity index (χ4v) is 4.05. The van der Waals surface area contributed by atoms with Gasteiger partial charge in [-0.25, -0.2) is 14.4 Å². The Hall–Kier alpha value is -2.31. The second-order valence-electron chi connectivity index (χ2n) is 5.57. The first-order valence-corrected chi connectivity index (χ1v) is 9.25. The van der Waals surface area contributed by atoms with Crippen LogP contribution in [0.5, 0.6) is 0 Å². The van der Waals surface area contributed by atoms with Crippen molar-refractivity contribution in [2.75, 3.05) is 5.32 Å². The number of hydrogen-bond donors (Lipinski definition) is 1. The number of rotatable bonds is 3. The number of nitrogens with zero attached hydrogens (tertiary/aromatic N) is 2. The number of halogens is 2. The molecule has 4 rings (SSSR count). The summed E-state index contributed by atoms with van der Waals surface area (Å²) in [5.41, 5.74) is 2.94.